The zero-order chi connectivity index (χ0) is 14.8. The van der Waals surface area contributed by atoms with Crippen LogP contribution in [0.15, 0.2) is 12.1 Å². The third kappa shape index (κ3) is 3.68. The number of nitrogens with one attached hydrogen (secondary N) is 1. The Hall–Kier alpha value is -0.840. The summed E-state index contributed by atoms with van der Waals surface area (Å²) in [7, 11) is 0. The maximum atomic E-state index is 6.28. The first-order valence-corrected chi connectivity index (χ1v) is 8.43. The minimum Gasteiger partial charge on any atom is -0.354 e. The fourth-order valence-electron chi connectivity index (χ4n) is 2.97. The Morgan fingerprint density at radius 1 is 1.33 bits per heavy atom. The molecule has 1 unspecified atom stereocenters. The van der Waals surface area contributed by atoms with Crippen LogP contribution in [0.2, 0.25) is 5.02 Å². The first-order chi connectivity index (χ1) is 10.2. The van der Waals surface area contributed by atoms with E-state index in [9.17, 15) is 0 Å². The van der Waals surface area contributed by atoms with Gasteiger partial charge in [-0.3, -0.25) is 4.90 Å². The van der Waals surface area contributed by atoms with E-state index >= 15 is 0 Å². The largest absolute Gasteiger partial charge is 0.354 e. The molecular weight excluding hydrogens is 284 g/mol. The normalized spacial score (nSPS) is 23.6. The van der Waals surface area contributed by atoms with Gasteiger partial charge in [0.1, 0.15) is 5.82 Å². The molecule has 0 bridgehead atoms. The van der Waals surface area contributed by atoms with Gasteiger partial charge in [0.15, 0.2) is 0 Å². The van der Waals surface area contributed by atoms with E-state index in [2.05, 4.69) is 35.0 Å². The van der Waals surface area contributed by atoms with Gasteiger partial charge in [0.25, 0.3) is 0 Å². The van der Waals surface area contributed by atoms with Crippen molar-refractivity contribution in [2.75, 3.05) is 31.1 Å². The highest BCUT2D eigenvalue weighted by atomic mass is 35.5. The number of nitrogens with zero attached hydrogens (tertiary/aromatic N) is 3. The molecule has 2 aliphatic rings. The molecule has 5 heteroatoms. The van der Waals surface area contributed by atoms with Crippen molar-refractivity contribution >= 4 is 17.4 Å². The van der Waals surface area contributed by atoms with Crippen LogP contribution in [0.5, 0.6) is 0 Å². The highest BCUT2D eigenvalue weighted by Crippen LogP contribution is 2.24. The molecule has 2 heterocycles. The third-order valence-electron chi connectivity index (χ3n) is 4.53. The molecule has 0 amide bonds. The van der Waals surface area contributed by atoms with Crippen molar-refractivity contribution in [3.63, 3.8) is 0 Å². The lowest BCUT2D eigenvalue weighted by atomic mass is 10.2. The lowest BCUT2D eigenvalue weighted by Gasteiger charge is -2.40. The highest BCUT2D eigenvalue weighted by Gasteiger charge is 2.24. The fraction of sp³-hybridized carbons (Fsp3) is 0.688. The predicted molar refractivity (Wildman–Crippen MR) is 88.0 cm³/mol. The Bertz CT molecular complexity index is 489. The standard InChI is InChI=1S/C16H25ClN4/c1-3-20-8-9-21(11-12(20)2)16-7-6-14(17)15(19-16)10-18-13-4-5-13/h6-7,12-13,18H,3-5,8-11H2,1-2H3. The van der Waals surface area contributed by atoms with E-state index in [1.165, 1.54) is 12.8 Å². The van der Waals surface area contributed by atoms with Gasteiger partial charge in [-0.25, -0.2) is 4.98 Å². The number of piperazine rings is 1. The lowest BCUT2D eigenvalue weighted by molar-refractivity contribution is 0.199. The summed E-state index contributed by atoms with van der Waals surface area (Å²) in [6.45, 7) is 9.62. The van der Waals surface area contributed by atoms with Gasteiger partial charge in [0.05, 0.1) is 10.7 Å². The van der Waals surface area contributed by atoms with Gasteiger partial charge in [0, 0.05) is 38.3 Å². The summed E-state index contributed by atoms with van der Waals surface area (Å²) >= 11 is 6.28. The maximum absolute atomic E-state index is 6.28. The summed E-state index contributed by atoms with van der Waals surface area (Å²) in [5, 5.41) is 4.27. The molecule has 1 aliphatic carbocycles. The summed E-state index contributed by atoms with van der Waals surface area (Å²) in [5.74, 6) is 1.06. The molecule has 1 N–H and O–H groups in total. The SMILES string of the molecule is CCN1CCN(c2ccc(Cl)c(CNC3CC3)n2)CC1C. The Labute approximate surface area is 132 Å². The Balaban J connectivity index is 1.68. The van der Waals surface area contributed by atoms with Crippen molar-refractivity contribution in [2.24, 2.45) is 0 Å². The van der Waals surface area contributed by atoms with Crippen LogP contribution >= 0.6 is 11.6 Å². The summed E-state index contributed by atoms with van der Waals surface area (Å²) < 4.78 is 0. The monoisotopic (exact) mass is 308 g/mol. The molecule has 3 rings (SSSR count). The van der Waals surface area contributed by atoms with Gasteiger partial charge in [0.2, 0.25) is 0 Å². The van der Waals surface area contributed by atoms with Crippen LogP contribution in [-0.4, -0.2) is 48.1 Å². The van der Waals surface area contributed by atoms with E-state index in [4.69, 9.17) is 16.6 Å². The van der Waals surface area contributed by atoms with Crippen molar-refractivity contribution in [2.45, 2.75) is 45.3 Å². The van der Waals surface area contributed by atoms with Crippen molar-refractivity contribution in [1.29, 1.82) is 0 Å². The predicted octanol–water partition coefficient (Wildman–Crippen LogP) is 2.52. The molecule has 0 aromatic carbocycles. The molecule has 2 fully saturated rings. The fourth-order valence-corrected chi connectivity index (χ4v) is 3.15. The average molecular weight is 309 g/mol. The van der Waals surface area contributed by atoms with Crippen LogP contribution in [0.3, 0.4) is 0 Å². The quantitative estimate of drug-likeness (QED) is 0.906. The van der Waals surface area contributed by atoms with Crippen molar-refractivity contribution in [3.05, 3.63) is 22.8 Å². The molecule has 1 aromatic rings. The number of aromatic nitrogens is 1. The zero-order valence-electron chi connectivity index (χ0n) is 13.0. The molecule has 116 valence electrons. The van der Waals surface area contributed by atoms with Gasteiger partial charge in [-0.15, -0.1) is 0 Å². The number of hydrogen-bond acceptors (Lipinski definition) is 4. The van der Waals surface area contributed by atoms with Gasteiger partial charge < -0.3 is 10.2 Å². The van der Waals surface area contributed by atoms with E-state index in [1.54, 1.807) is 0 Å². The van der Waals surface area contributed by atoms with Crippen molar-refractivity contribution in [1.82, 2.24) is 15.2 Å². The van der Waals surface area contributed by atoms with E-state index in [-0.39, 0.29) is 0 Å². The first kappa shape index (κ1) is 15.1. The molecular formula is C16H25ClN4. The average Bonchev–Trinajstić information content (AvgIpc) is 3.30. The molecule has 1 atom stereocenters. The molecule has 1 aliphatic heterocycles. The zero-order valence-corrected chi connectivity index (χ0v) is 13.7. The Kier molecular flexibility index (Phi) is 4.67. The summed E-state index contributed by atoms with van der Waals surface area (Å²) in [6, 6.07) is 5.30. The topological polar surface area (TPSA) is 31.4 Å². The number of halogens is 1. The Morgan fingerprint density at radius 2 is 2.14 bits per heavy atom. The summed E-state index contributed by atoms with van der Waals surface area (Å²) in [6.07, 6.45) is 2.57. The van der Waals surface area contributed by atoms with Crippen LogP contribution in [0, 0.1) is 0 Å². The second-order valence-electron chi connectivity index (χ2n) is 6.18. The number of anilines is 1. The van der Waals surface area contributed by atoms with Crippen LogP contribution in [0.4, 0.5) is 5.82 Å². The number of likely N-dealkylation sites (N-methyl/N-ethyl adjacent to an activating group) is 1. The van der Waals surface area contributed by atoms with Crippen molar-refractivity contribution < 1.29 is 0 Å². The van der Waals surface area contributed by atoms with Gasteiger partial charge in [-0.1, -0.05) is 18.5 Å². The maximum Gasteiger partial charge on any atom is 0.129 e. The second kappa shape index (κ2) is 6.51. The van der Waals surface area contributed by atoms with E-state index in [1.807, 2.05) is 6.07 Å². The first-order valence-electron chi connectivity index (χ1n) is 8.05. The minimum atomic E-state index is 0.578. The molecule has 21 heavy (non-hydrogen) atoms. The molecule has 4 nitrogen and oxygen atoms in total. The van der Waals surface area contributed by atoms with E-state index in [0.29, 0.717) is 12.1 Å². The molecule has 1 saturated carbocycles. The van der Waals surface area contributed by atoms with E-state index in [0.717, 1.165) is 49.3 Å². The van der Waals surface area contributed by atoms with Crippen LogP contribution in [0.25, 0.3) is 0 Å². The molecule has 0 spiro atoms. The minimum absolute atomic E-state index is 0.578. The second-order valence-corrected chi connectivity index (χ2v) is 6.58. The lowest BCUT2D eigenvalue weighted by Crippen LogP contribution is -2.52. The van der Waals surface area contributed by atoms with E-state index < -0.39 is 0 Å². The molecule has 0 radical (unpaired) electrons. The van der Waals surface area contributed by atoms with Crippen LogP contribution in [0.1, 0.15) is 32.4 Å². The summed E-state index contributed by atoms with van der Waals surface area (Å²) in [4.78, 5) is 9.69. The smallest absolute Gasteiger partial charge is 0.129 e. The molecule has 1 saturated heterocycles. The van der Waals surface area contributed by atoms with Crippen LogP contribution < -0.4 is 10.2 Å². The number of pyridine rings is 1. The summed E-state index contributed by atoms with van der Waals surface area (Å²) in [5.41, 5.74) is 0.978. The van der Waals surface area contributed by atoms with Gasteiger partial charge >= 0.3 is 0 Å². The molecule has 1 aromatic heterocycles. The Morgan fingerprint density at radius 3 is 2.81 bits per heavy atom. The van der Waals surface area contributed by atoms with Gasteiger partial charge in [-0.2, -0.15) is 0 Å². The number of rotatable bonds is 5. The third-order valence-corrected chi connectivity index (χ3v) is 4.88. The van der Waals surface area contributed by atoms with Crippen LogP contribution in [-0.2, 0) is 6.54 Å². The number of hydrogen-bond donors (Lipinski definition) is 1. The highest BCUT2D eigenvalue weighted by molar-refractivity contribution is 6.31. The van der Waals surface area contributed by atoms with Crippen molar-refractivity contribution in [3.8, 4) is 0 Å². The van der Waals surface area contributed by atoms with Gasteiger partial charge in [-0.05, 0) is 38.4 Å².